The van der Waals surface area contributed by atoms with Gasteiger partial charge in [0.25, 0.3) is 0 Å². The SMILES string of the molecule is CC(C)CN(CC(=O)NCc1ccccc1F)S(C)(=O)=O. The van der Waals surface area contributed by atoms with Gasteiger partial charge in [-0.25, -0.2) is 12.8 Å². The van der Waals surface area contributed by atoms with Crippen LogP contribution in [-0.2, 0) is 21.4 Å². The average Bonchev–Trinajstić information content (AvgIpc) is 2.35. The molecule has 0 radical (unpaired) electrons. The molecule has 0 fully saturated rings. The summed E-state index contributed by atoms with van der Waals surface area (Å²) in [5.41, 5.74) is 0.362. The first-order valence-corrected chi connectivity index (χ1v) is 8.50. The molecule has 1 rings (SSSR count). The number of carbonyl (C=O) groups is 1. The van der Waals surface area contributed by atoms with Crippen LogP contribution in [0.3, 0.4) is 0 Å². The van der Waals surface area contributed by atoms with Crippen LogP contribution < -0.4 is 5.32 Å². The summed E-state index contributed by atoms with van der Waals surface area (Å²) < 4.78 is 37.8. The van der Waals surface area contributed by atoms with Crippen molar-refractivity contribution in [3.63, 3.8) is 0 Å². The minimum absolute atomic E-state index is 0.0325. The first-order valence-electron chi connectivity index (χ1n) is 6.65. The zero-order valence-electron chi connectivity index (χ0n) is 12.5. The molecule has 0 aliphatic rings. The molecular formula is C14H21FN2O3S. The first-order chi connectivity index (χ1) is 9.70. The number of halogens is 1. The highest BCUT2D eigenvalue weighted by molar-refractivity contribution is 7.88. The number of nitrogens with one attached hydrogen (secondary N) is 1. The summed E-state index contributed by atoms with van der Waals surface area (Å²) in [5.74, 6) is -0.747. The van der Waals surface area contributed by atoms with Crippen LogP contribution in [0.1, 0.15) is 19.4 Å². The van der Waals surface area contributed by atoms with E-state index in [1.165, 1.54) is 6.07 Å². The molecule has 7 heteroatoms. The number of carbonyl (C=O) groups excluding carboxylic acids is 1. The second-order valence-electron chi connectivity index (χ2n) is 5.32. The van der Waals surface area contributed by atoms with E-state index < -0.39 is 21.7 Å². The smallest absolute Gasteiger partial charge is 0.235 e. The molecule has 21 heavy (non-hydrogen) atoms. The van der Waals surface area contributed by atoms with Gasteiger partial charge in [0.15, 0.2) is 0 Å². The summed E-state index contributed by atoms with van der Waals surface area (Å²) in [7, 11) is -3.45. The Morgan fingerprint density at radius 3 is 2.48 bits per heavy atom. The predicted molar refractivity (Wildman–Crippen MR) is 79.5 cm³/mol. The van der Waals surface area contributed by atoms with Gasteiger partial charge in [0, 0.05) is 18.7 Å². The van der Waals surface area contributed by atoms with E-state index in [4.69, 9.17) is 0 Å². The number of rotatable bonds is 7. The molecule has 0 bridgehead atoms. The van der Waals surface area contributed by atoms with Gasteiger partial charge in [-0.1, -0.05) is 32.0 Å². The third kappa shape index (κ3) is 6.22. The number of hydrogen-bond acceptors (Lipinski definition) is 3. The molecule has 0 aliphatic heterocycles. The van der Waals surface area contributed by atoms with E-state index >= 15 is 0 Å². The van der Waals surface area contributed by atoms with Gasteiger partial charge in [0.05, 0.1) is 12.8 Å². The van der Waals surface area contributed by atoms with Crippen molar-refractivity contribution in [2.45, 2.75) is 20.4 Å². The molecule has 1 aromatic carbocycles. The summed E-state index contributed by atoms with van der Waals surface area (Å²) in [6.45, 7) is 3.78. The van der Waals surface area contributed by atoms with Crippen LogP contribution in [0.15, 0.2) is 24.3 Å². The Kier molecular flexibility index (Phi) is 6.29. The van der Waals surface area contributed by atoms with E-state index in [1.54, 1.807) is 18.2 Å². The minimum atomic E-state index is -3.45. The van der Waals surface area contributed by atoms with E-state index in [0.29, 0.717) is 5.56 Å². The first kappa shape index (κ1) is 17.6. The van der Waals surface area contributed by atoms with Gasteiger partial charge in [0.1, 0.15) is 5.82 Å². The van der Waals surface area contributed by atoms with Crippen molar-refractivity contribution in [1.29, 1.82) is 0 Å². The van der Waals surface area contributed by atoms with Crippen molar-refractivity contribution in [3.05, 3.63) is 35.6 Å². The maximum absolute atomic E-state index is 13.4. The second kappa shape index (κ2) is 7.51. The van der Waals surface area contributed by atoms with Crippen LogP contribution in [0.4, 0.5) is 4.39 Å². The molecular weight excluding hydrogens is 295 g/mol. The van der Waals surface area contributed by atoms with Crippen LogP contribution >= 0.6 is 0 Å². The lowest BCUT2D eigenvalue weighted by molar-refractivity contribution is -0.121. The number of amides is 1. The zero-order chi connectivity index (χ0) is 16.0. The molecule has 0 unspecified atom stereocenters. The van der Waals surface area contributed by atoms with Crippen LogP contribution in [-0.4, -0.2) is 38.0 Å². The summed E-state index contributed by atoms with van der Waals surface area (Å²) in [4.78, 5) is 11.8. The Morgan fingerprint density at radius 1 is 1.33 bits per heavy atom. The van der Waals surface area contributed by atoms with E-state index in [9.17, 15) is 17.6 Å². The molecule has 0 aromatic heterocycles. The number of nitrogens with zero attached hydrogens (tertiary/aromatic N) is 1. The fourth-order valence-electron chi connectivity index (χ4n) is 1.78. The molecule has 0 spiro atoms. The highest BCUT2D eigenvalue weighted by Crippen LogP contribution is 2.06. The molecule has 1 amide bonds. The topological polar surface area (TPSA) is 66.5 Å². The molecule has 0 heterocycles. The van der Waals surface area contributed by atoms with E-state index in [-0.39, 0.29) is 25.6 Å². The Morgan fingerprint density at radius 2 is 1.95 bits per heavy atom. The van der Waals surface area contributed by atoms with Gasteiger partial charge in [-0.2, -0.15) is 4.31 Å². The van der Waals surface area contributed by atoms with Crippen molar-refractivity contribution in [3.8, 4) is 0 Å². The largest absolute Gasteiger partial charge is 0.351 e. The number of benzene rings is 1. The average molecular weight is 316 g/mol. The Hall–Kier alpha value is -1.47. The summed E-state index contributed by atoms with van der Waals surface area (Å²) in [6.07, 6.45) is 1.07. The van der Waals surface area contributed by atoms with Gasteiger partial charge in [0.2, 0.25) is 15.9 Å². The highest BCUT2D eigenvalue weighted by atomic mass is 32.2. The molecule has 118 valence electrons. The molecule has 1 N–H and O–H groups in total. The van der Waals surface area contributed by atoms with E-state index in [1.807, 2.05) is 13.8 Å². The predicted octanol–water partition coefficient (Wildman–Crippen LogP) is 1.36. The molecule has 5 nitrogen and oxygen atoms in total. The Labute approximate surface area is 125 Å². The van der Waals surface area contributed by atoms with Crippen LogP contribution in [0, 0.1) is 11.7 Å². The monoisotopic (exact) mass is 316 g/mol. The summed E-state index contributed by atoms with van der Waals surface area (Å²) in [5, 5.41) is 2.53. The maximum atomic E-state index is 13.4. The molecule has 0 aliphatic carbocycles. The summed E-state index contributed by atoms with van der Waals surface area (Å²) in [6, 6.07) is 6.11. The Bertz CT molecular complexity index is 588. The lowest BCUT2D eigenvalue weighted by Gasteiger charge is -2.21. The van der Waals surface area contributed by atoms with Crippen LogP contribution in [0.5, 0.6) is 0 Å². The fraction of sp³-hybridized carbons (Fsp3) is 0.500. The van der Waals surface area contributed by atoms with Gasteiger partial charge in [-0.05, 0) is 12.0 Å². The van der Waals surface area contributed by atoms with Crippen molar-refractivity contribution in [1.82, 2.24) is 9.62 Å². The molecule has 0 saturated carbocycles. The molecule has 0 atom stereocenters. The lowest BCUT2D eigenvalue weighted by Crippen LogP contribution is -2.41. The van der Waals surface area contributed by atoms with Crippen molar-refractivity contribution < 1.29 is 17.6 Å². The number of hydrogen-bond donors (Lipinski definition) is 1. The number of sulfonamides is 1. The highest BCUT2D eigenvalue weighted by Gasteiger charge is 2.21. The maximum Gasteiger partial charge on any atom is 0.235 e. The standard InChI is InChI=1S/C14H21FN2O3S/c1-11(2)9-17(21(3,19)20)10-14(18)16-8-12-6-4-5-7-13(12)15/h4-7,11H,8-10H2,1-3H3,(H,16,18). The molecule has 0 saturated heterocycles. The third-order valence-corrected chi connectivity index (χ3v) is 4.01. The van der Waals surface area contributed by atoms with E-state index in [0.717, 1.165) is 10.6 Å². The second-order valence-corrected chi connectivity index (χ2v) is 7.30. The summed E-state index contributed by atoms with van der Waals surface area (Å²) >= 11 is 0. The zero-order valence-corrected chi connectivity index (χ0v) is 13.3. The minimum Gasteiger partial charge on any atom is -0.351 e. The lowest BCUT2D eigenvalue weighted by atomic mass is 10.2. The van der Waals surface area contributed by atoms with Crippen molar-refractivity contribution in [2.75, 3.05) is 19.3 Å². The quantitative estimate of drug-likeness (QED) is 0.826. The van der Waals surface area contributed by atoms with E-state index in [2.05, 4.69) is 5.32 Å². The fourth-order valence-corrected chi connectivity index (χ4v) is 2.70. The van der Waals surface area contributed by atoms with Gasteiger partial charge in [-0.15, -0.1) is 0 Å². The van der Waals surface area contributed by atoms with Crippen molar-refractivity contribution in [2.24, 2.45) is 5.92 Å². The Balaban J connectivity index is 2.61. The van der Waals surface area contributed by atoms with Gasteiger partial charge in [-0.3, -0.25) is 4.79 Å². The normalized spacial score (nSPS) is 11.9. The van der Waals surface area contributed by atoms with Gasteiger partial charge < -0.3 is 5.32 Å². The van der Waals surface area contributed by atoms with Crippen molar-refractivity contribution >= 4 is 15.9 Å². The van der Waals surface area contributed by atoms with Gasteiger partial charge >= 0.3 is 0 Å². The third-order valence-electron chi connectivity index (χ3n) is 2.79. The molecule has 1 aromatic rings. The van der Waals surface area contributed by atoms with Crippen LogP contribution in [0.2, 0.25) is 0 Å². The van der Waals surface area contributed by atoms with Crippen LogP contribution in [0.25, 0.3) is 0 Å².